The third kappa shape index (κ3) is 4.06. The maximum atomic E-state index is 10.9. The van der Waals surface area contributed by atoms with Crippen LogP contribution >= 0.6 is 15.9 Å². The van der Waals surface area contributed by atoms with Gasteiger partial charge in [-0.05, 0) is 42.3 Å². The van der Waals surface area contributed by atoms with Crippen molar-refractivity contribution in [1.29, 1.82) is 0 Å². The Bertz CT molecular complexity index is 573. The fourth-order valence-electron chi connectivity index (χ4n) is 1.72. The van der Waals surface area contributed by atoms with Crippen LogP contribution in [0.3, 0.4) is 0 Å². The lowest BCUT2D eigenvalue weighted by atomic mass is 10.2. The van der Waals surface area contributed by atoms with Crippen molar-refractivity contribution in [2.24, 2.45) is 0 Å². The molecule has 0 fully saturated rings. The maximum absolute atomic E-state index is 10.9. The van der Waals surface area contributed by atoms with E-state index in [2.05, 4.69) is 26.2 Å². The van der Waals surface area contributed by atoms with Gasteiger partial charge in [-0.1, -0.05) is 15.9 Å². The summed E-state index contributed by atoms with van der Waals surface area (Å²) in [7, 11) is 0. The van der Waals surface area contributed by atoms with Crippen LogP contribution in [0.15, 0.2) is 47.2 Å². The van der Waals surface area contributed by atoms with Crippen LogP contribution in [-0.4, -0.2) is 22.6 Å². The zero-order valence-electron chi connectivity index (χ0n) is 10.1. The summed E-state index contributed by atoms with van der Waals surface area (Å²) < 4.78 is 0.749. The number of aromatic nitrogens is 1. The highest BCUT2D eigenvalue weighted by Gasteiger charge is 2.05. The molecule has 1 aromatic heterocycles. The highest BCUT2D eigenvalue weighted by molar-refractivity contribution is 9.10. The number of carboxylic acids is 1. The summed E-state index contributed by atoms with van der Waals surface area (Å²) >= 11 is 3.31. The first kappa shape index (κ1) is 13.5. The Hall–Kier alpha value is -1.88. The number of hydrogen-bond acceptors (Lipinski definition) is 3. The lowest BCUT2D eigenvalue weighted by molar-refractivity contribution is 0.0697. The van der Waals surface area contributed by atoms with Gasteiger partial charge in [0.25, 0.3) is 0 Å². The molecular formula is C14H13BrN2O2. The number of anilines is 1. The Balaban J connectivity index is 1.98. The van der Waals surface area contributed by atoms with Gasteiger partial charge in [0, 0.05) is 29.1 Å². The van der Waals surface area contributed by atoms with Crippen molar-refractivity contribution in [2.45, 2.75) is 6.42 Å². The molecule has 0 unspecified atom stereocenters. The van der Waals surface area contributed by atoms with E-state index < -0.39 is 5.97 Å². The zero-order valence-corrected chi connectivity index (χ0v) is 11.7. The van der Waals surface area contributed by atoms with E-state index in [0.29, 0.717) is 0 Å². The molecule has 0 aliphatic carbocycles. The number of nitrogens with one attached hydrogen (secondary N) is 1. The van der Waals surface area contributed by atoms with E-state index >= 15 is 0 Å². The van der Waals surface area contributed by atoms with Gasteiger partial charge in [0.05, 0.1) is 5.56 Å². The molecule has 0 spiro atoms. The molecule has 0 bridgehead atoms. The van der Waals surface area contributed by atoms with Gasteiger partial charge in [-0.25, -0.2) is 4.79 Å². The largest absolute Gasteiger partial charge is 0.478 e. The Labute approximate surface area is 119 Å². The first-order chi connectivity index (χ1) is 9.15. The van der Waals surface area contributed by atoms with E-state index in [-0.39, 0.29) is 5.56 Å². The number of nitrogens with zero attached hydrogens (tertiary/aromatic N) is 1. The number of aromatic carboxylic acids is 1. The van der Waals surface area contributed by atoms with Crippen LogP contribution in [0.2, 0.25) is 0 Å². The monoisotopic (exact) mass is 320 g/mol. The minimum Gasteiger partial charge on any atom is -0.478 e. The molecule has 0 saturated carbocycles. The molecule has 0 aliphatic heterocycles. The average Bonchev–Trinajstić information content (AvgIpc) is 2.39. The smallest absolute Gasteiger partial charge is 0.335 e. The average molecular weight is 321 g/mol. The van der Waals surface area contributed by atoms with Crippen LogP contribution in [0.4, 0.5) is 5.69 Å². The van der Waals surface area contributed by atoms with Crippen LogP contribution in [0.1, 0.15) is 15.9 Å². The summed E-state index contributed by atoms with van der Waals surface area (Å²) in [5, 5.41) is 12.2. The summed E-state index contributed by atoms with van der Waals surface area (Å²) in [6, 6.07) is 8.99. The van der Waals surface area contributed by atoms with Gasteiger partial charge in [0.15, 0.2) is 0 Å². The number of carboxylic acid groups (broad SMARTS) is 1. The highest BCUT2D eigenvalue weighted by Crippen LogP contribution is 2.19. The topological polar surface area (TPSA) is 62.2 Å². The second-order valence-electron chi connectivity index (χ2n) is 4.07. The number of carbonyl (C=O) groups is 1. The predicted molar refractivity (Wildman–Crippen MR) is 77.5 cm³/mol. The Morgan fingerprint density at radius 1 is 1.26 bits per heavy atom. The molecule has 5 heteroatoms. The van der Waals surface area contributed by atoms with Crippen molar-refractivity contribution >= 4 is 27.6 Å². The van der Waals surface area contributed by atoms with Crippen molar-refractivity contribution in [2.75, 3.05) is 11.9 Å². The minimum absolute atomic E-state index is 0.265. The quantitative estimate of drug-likeness (QED) is 0.888. The third-order valence-electron chi connectivity index (χ3n) is 2.64. The molecule has 2 aromatic rings. The zero-order chi connectivity index (χ0) is 13.7. The van der Waals surface area contributed by atoms with Crippen molar-refractivity contribution in [1.82, 2.24) is 4.98 Å². The van der Waals surface area contributed by atoms with Crippen molar-refractivity contribution in [3.63, 3.8) is 0 Å². The van der Waals surface area contributed by atoms with Crippen LogP contribution in [-0.2, 0) is 6.42 Å². The minimum atomic E-state index is -0.932. The van der Waals surface area contributed by atoms with E-state index in [4.69, 9.17) is 5.11 Å². The van der Waals surface area contributed by atoms with E-state index in [1.54, 1.807) is 24.5 Å². The third-order valence-corrected chi connectivity index (χ3v) is 3.09. The van der Waals surface area contributed by atoms with Gasteiger partial charge >= 0.3 is 5.97 Å². The van der Waals surface area contributed by atoms with E-state index in [0.717, 1.165) is 23.1 Å². The molecule has 2 rings (SSSR count). The number of benzene rings is 1. The van der Waals surface area contributed by atoms with E-state index in [9.17, 15) is 4.79 Å². The van der Waals surface area contributed by atoms with Crippen molar-refractivity contribution < 1.29 is 9.90 Å². The Morgan fingerprint density at radius 2 is 2.00 bits per heavy atom. The van der Waals surface area contributed by atoms with Crippen LogP contribution in [0.5, 0.6) is 0 Å². The summed E-state index contributed by atoms with van der Waals surface area (Å²) in [5.41, 5.74) is 2.25. The van der Waals surface area contributed by atoms with Gasteiger partial charge in [0.2, 0.25) is 0 Å². The number of pyridine rings is 1. The predicted octanol–water partition coefficient (Wildman–Crippen LogP) is 3.20. The fourth-order valence-corrected chi connectivity index (χ4v) is 2.21. The van der Waals surface area contributed by atoms with Crippen LogP contribution in [0, 0.1) is 0 Å². The molecule has 98 valence electrons. The summed E-state index contributed by atoms with van der Waals surface area (Å²) in [6.45, 7) is 0.736. The Kier molecular flexibility index (Phi) is 4.52. The van der Waals surface area contributed by atoms with Gasteiger partial charge in [-0.15, -0.1) is 0 Å². The molecule has 4 nitrogen and oxygen atoms in total. The molecule has 1 heterocycles. The molecule has 0 saturated heterocycles. The highest BCUT2D eigenvalue weighted by atomic mass is 79.9. The number of hydrogen-bond donors (Lipinski definition) is 2. The molecule has 0 amide bonds. The number of halogens is 1. The van der Waals surface area contributed by atoms with E-state index in [1.807, 2.05) is 18.2 Å². The molecular weight excluding hydrogens is 308 g/mol. The van der Waals surface area contributed by atoms with Crippen LogP contribution < -0.4 is 5.32 Å². The summed E-state index contributed by atoms with van der Waals surface area (Å²) in [5.74, 6) is -0.932. The molecule has 2 N–H and O–H groups in total. The van der Waals surface area contributed by atoms with Crippen molar-refractivity contribution in [3.8, 4) is 0 Å². The molecule has 1 aromatic carbocycles. The first-order valence-corrected chi connectivity index (χ1v) is 6.61. The van der Waals surface area contributed by atoms with Gasteiger partial charge < -0.3 is 10.4 Å². The maximum Gasteiger partial charge on any atom is 0.335 e. The molecule has 0 atom stereocenters. The lowest BCUT2D eigenvalue weighted by Gasteiger charge is -2.08. The molecule has 0 aliphatic rings. The van der Waals surface area contributed by atoms with Gasteiger partial charge in [0.1, 0.15) is 0 Å². The standard InChI is InChI=1S/C14H13BrN2O2/c15-12-7-11(14(18)19)8-13(9-12)17-6-3-10-1-4-16-5-2-10/h1-2,4-5,7-9,17H,3,6H2,(H,18,19). The van der Waals surface area contributed by atoms with Crippen LogP contribution in [0.25, 0.3) is 0 Å². The fraction of sp³-hybridized carbons (Fsp3) is 0.143. The summed E-state index contributed by atoms with van der Waals surface area (Å²) in [4.78, 5) is 14.9. The Morgan fingerprint density at radius 3 is 2.68 bits per heavy atom. The normalized spacial score (nSPS) is 10.2. The second-order valence-corrected chi connectivity index (χ2v) is 4.98. The van der Waals surface area contributed by atoms with Gasteiger partial charge in [-0.2, -0.15) is 0 Å². The number of rotatable bonds is 5. The lowest BCUT2D eigenvalue weighted by Crippen LogP contribution is -2.06. The van der Waals surface area contributed by atoms with Crippen molar-refractivity contribution in [3.05, 3.63) is 58.3 Å². The van der Waals surface area contributed by atoms with Gasteiger partial charge in [-0.3, -0.25) is 4.98 Å². The SMILES string of the molecule is O=C(O)c1cc(Br)cc(NCCc2ccncc2)c1. The molecule has 0 radical (unpaired) electrons. The molecule has 19 heavy (non-hydrogen) atoms. The summed E-state index contributed by atoms with van der Waals surface area (Å²) in [6.07, 6.45) is 4.38. The first-order valence-electron chi connectivity index (χ1n) is 5.82. The second kappa shape index (κ2) is 6.33. The van der Waals surface area contributed by atoms with E-state index in [1.165, 1.54) is 5.56 Å².